The summed E-state index contributed by atoms with van der Waals surface area (Å²) in [6.45, 7) is -0.0261. The Balaban J connectivity index is 1.40. The van der Waals surface area contributed by atoms with Crippen molar-refractivity contribution in [2.45, 2.75) is 13.0 Å². The van der Waals surface area contributed by atoms with E-state index in [0.29, 0.717) is 17.1 Å². The number of nitrogens with one attached hydrogen (secondary N) is 1. The van der Waals surface area contributed by atoms with Crippen molar-refractivity contribution < 1.29 is 41.5 Å². The first kappa shape index (κ1) is 26.6. The number of nitrogens with zero attached hydrogens (tertiary/aromatic N) is 1. The number of methoxy groups -OCH3 is 1. The number of primary amides is 1. The minimum Gasteiger partial charge on any atom is -0.486 e. The van der Waals surface area contributed by atoms with E-state index in [0.717, 1.165) is 17.4 Å². The van der Waals surface area contributed by atoms with Crippen LogP contribution in [-0.2, 0) is 11.3 Å². The molecule has 5 aromatic rings. The molecule has 4 aromatic heterocycles. The molecular weight excluding hydrogens is 548 g/mol. The van der Waals surface area contributed by atoms with Gasteiger partial charge in [0.25, 0.3) is 18.2 Å². The van der Waals surface area contributed by atoms with Crippen LogP contribution in [0.25, 0.3) is 21.5 Å². The van der Waals surface area contributed by atoms with Crippen LogP contribution in [0, 0.1) is 0 Å². The van der Waals surface area contributed by atoms with Crippen LogP contribution in [0.4, 0.5) is 14.5 Å². The van der Waals surface area contributed by atoms with E-state index in [1.807, 2.05) is 0 Å². The van der Waals surface area contributed by atoms with Crippen LogP contribution in [0.2, 0.25) is 0 Å². The van der Waals surface area contributed by atoms with E-state index in [1.54, 1.807) is 36.4 Å². The maximum atomic E-state index is 13.6. The normalized spacial score (nSPS) is 11.1. The number of carbonyl (C=O) groups is 3. The van der Waals surface area contributed by atoms with E-state index < -0.39 is 29.9 Å². The molecular formula is C27H19F2N3O7S. The van der Waals surface area contributed by atoms with Crippen LogP contribution in [0.5, 0.6) is 5.75 Å². The Bertz CT molecular complexity index is 1710. The van der Waals surface area contributed by atoms with Crippen molar-refractivity contribution in [3.8, 4) is 17.1 Å². The largest absolute Gasteiger partial charge is 0.486 e. The summed E-state index contributed by atoms with van der Waals surface area (Å²) in [6, 6.07) is 13.5. The molecule has 3 N–H and O–H groups in total. The standard InChI is InChI=1S/C27H19F2N3O7S/c1-36-27(35)13-4-6-14(7-5-13)38-12-15-8-9-19(39-15)25(34)32-21-20-16(18-3-2-10-37-18)11-17(23(28)29)31-26(20)40-22(21)24(30)33/h2-11,23H,12H2,1H3,(H2,30,33)(H,32,34). The van der Waals surface area contributed by atoms with Crippen LogP contribution < -0.4 is 15.8 Å². The van der Waals surface area contributed by atoms with Crippen molar-refractivity contribution in [1.29, 1.82) is 0 Å². The Labute approximate surface area is 228 Å². The Kier molecular flexibility index (Phi) is 7.29. The SMILES string of the molecule is COC(=O)c1ccc(OCc2ccc(C(=O)Nc3c(C(N)=O)sc4nc(C(F)F)cc(-c5ccco5)c34)o2)cc1. The first-order chi connectivity index (χ1) is 19.2. The predicted octanol–water partition coefficient (Wildman–Crippen LogP) is 5.80. The lowest BCUT2D eigenvalue weighted by Gasteiger charge is -2.09. The van der Waals surface area contributed by atoms with Crippen molar-refractivity contribution in [2.75, 3.05) is 12.4 Å². The number of ether oxygens (including phenoxy) is 2. The summed E-state index contributed by atoms with van der Waals surface area (Å²) in [4.78, 5) is 40.9. The smallest absolute Gasteiger partial charge is 0.337 e. The van der Waals surface area contributed by atoms with E-state index >= 15 is 0 Å². The zero-order valence-corrected chi connectivity index (χ0v) is 21.4. The van der Waals surface area contributed by atoms with E-state index in [4.69, 9.17) is 19.3 Å². The topological polar surface area (TPSA) is 147 Å². The number of alkyl halides is 2. The first-order valence-corrected chi connectivity index (χ1v) is 12.4. The summed E-state index contributed by atoms with van der Waals surface area (Å²) >= 11 is 0.772. The van der Waals surface area contributed by atoms with Gasteiger partial charge in [-0.05, 0) is 54.6 Å². The van der Waals surface area contributed by atoms with Gasteiger partial charge < -0.3 is 29.4 Å². The van der Waals surface area contributed by atoms with Gasteiger partial charge in [0.05, 0.1) is 24.6 Å². The number of anilines is 1. The molecule has 0 atom stereocenters. The minimum atomic E-state index is -2.88. The molecule has 5 rings (SSSR count). The highest BCUT2D eigenvalue weighted by molar-refractivity contribution is 7.21. The summed E-state index contributed by atoms with van der Waals surface area (Å²) in [6.07, 6.45) is -1.52. The Morgan fingerprint density at radius 2 is 1.90 bits per heavy atom. The van der Waals surface area contributed by atoms with Crippen LogP contribution in [0.3, 0.4) is 0 Å². The van der Waals surface area contributed by atoms with Crippen molar-refractivity contribution in [3.63, 3.8) is 0 Å². The van der Waals surface area contributed by atoms with Crippen LogP contribution >= 0.6 is 11.3 Å². The Hall–Kier alpha value is -5.04. The van der Waals surface area contributed by atoms with Gasteiger partial charge in [0.15, 0.2) is 5.76 Å². The van der Waals surface area contributed by atoms with Gasteiger partial charge in [-0.2, -0.15) is 0 Å². The van der Waals surface area contributed by atoms with E-state index in [-0.39, 0.29) is 44.5 Å². The summed E-state index contributed by atoms with van der Waals surface area (Å²) in [5.41, 5.74) is 5.59. The van der Waals surface area contributed by atoms with Gasteiger partial charge in [-0.1, -0.05) is 0 Å². The highest BCUT2D eigenvalue weighted by Gasteiger charge is 2.26. The van der Waals surface area contributed by atoms with Crippen molar-refractivity contribution in [3.05, 3.63) is 88.5 Å². The third-order valence-corrected chi connectivity index (χ3v) is 6.79. The Morgan fingerprint density at radius 3 is 2.55 bits per heavy atom. The van der Waals surface area contributed by atoms with Crippen LogP contribution in [0.1, 0.15) is 48.5 Å². The van der Waals surface area contributed by atoms with E-state index in [2.05, 4.69) is 15.0 Å². The van der Waals surface area contributed by atoms with Gasteiger partial charge in [-0.25, -0.2) is 18.6 Å². The summed E-state index contributed by atoms with van der Waals surface area (Å²) in [5.74, 6) is -1.19. The number of nitrogens with two attached hydrogens (primary N) is 1. The quantitative estimate of drug-likeness (QED) is 0.212. The minimum absolute atomic E-state index is 0.00267. The molecule has 0 saturated carbocycles. The molecule has 0 fully saturated rings. The molecule has 2 amide bonds. The molecule has 204 valence electrons. The molecule has 0 aliphatic heterocycles. The first-order valence-electron chi connectivity index (χ1n) is 11.6. The van der Waals surface area contributed by atoms with Gasteiger partial charge in [-0.3, -0.25) is 9.59 Å². The molecule has 13 heteroatoms. The van der Waals surface area contributed by atoms with Gasteiger partial charge in [0.1, 0.15) is 39.3 Å². The number of benzene rings is 1. The number of esters is 1. The lowest BCUT2D eigenvalue weighted by atomic mass is 10.1. The molecule has 10 nitrogen and oxygen atoms in total. The van der Waals surface area contributed by atoms with Gasteiger partial charge in [-0.15, -0.1) is 11.3 Å². The number of hydrogen-bond donors (Lipinski definition) is 2. The lowest BCUT2D eigenvalue weighted by Crippen LogP contribution is -2.16. The van der Waals surface area contributed by atoms with E-state index in [1.165, 1.54) is 25.5 Å². The second kappa shape index (κ2) is 11.0. The molecule has 0 unspecified atom stereocenters. The second-order valence-corrected chi connectivity index (χ2v) is 9.25. The molecule has 0 aliphatic carbocycles. The van der Waals surface area contributed by atoms with Crippen molar-refractivity contribution in [1.82, 2.24) is 4.98 Å². The highest BCUT2D eigenvalue weighted by atomic mass is 32.1. The number of amides is 2. The number of furan rings is 2. The zero-order chi connectivity index (χ0) is 28.4. The van der Waals surface area contributed by atoms with Gasteiger partial charge in [0.2, 0.25) is 0 Å². The predicted molar refractivity (Wildman–Crippen MR) is 140 cm³/mol. The molecule has 40 heavy (non-hydrogen) atoms. The van der Waals surface area contributed by atoms with Gasteiger partial charge in [0, 0.05) is 10.9 Å². The molecule has 0 radical (unpaired) electrons. The Morgan fingerprint density at radius 1 is 1.12 bits per heavy atom. The third kappa shape index (κ3) is 5.27. The summed E-state index contributed by atoms with van der Waals surface area (Å²) < 4.78 is 48.4. The number of aromatic nitrogens is 1. The molecule has 4 heterocycles. The number of pyridine rings is 1. The lowest BCUT2D eigenvalue weighted by molar-refractivity contribution is 0.0600. The number of hydrogen-bond acceptors (Lipinski definition) is 9. The maximum absolute atomic E-state index is 13.6. The number of fused-ring (bicyclic) bond motifs is 1. The second-order valence-electron chi connectivity index (χ2n) is 8.25. The molecule has 0 spiro atoms. The fourth-order valence-electron chi connectivity index (χ4n) is 3.86. The van der Waals surface area contributed by atoms with Crippen LogP contribution in [-0.4, -0.2) is 29.9 Å². The maximum Gasteiger partial charge on any atom is 0.337 e. The summed E-state index contributed by atoms with van der Waals surface area (Å²) in [7, 11) is 1.28. The molecule has 1 aromatic carbocycles. The molecule has 0 bridgehead atoms. The number of rotatable bonds is 9. The average molecular weight is 568 g/mol. The van der Waals surface area contributed by atoms with Crippen LogP contribution in [0.15, 0.2) is 69.7 Å². The molecule has 0 aliphatic rings. The molecule has 0 saturated heterocycles. The fourth-order valence-corrected chi connectivity index (χ4v) is 4.87. The fraction of sp³-hybridized carbons (Fsp3) is 0.111. The van der Waals surface area contributed by atoms with Crippen molar-refractivity contribution in [2.24, 2.45) is 5.73 Å². The number of thiophene rings is 1. The van der Waals surface area contributed by atoms with Gasteiger partial charge >= 0.3 is 5.97 Å². The zero-order valence-electron chi connectivity index (χ0n) is 20.6. The highest BCUT2D eigenvalue weighted by Crippen LogP contribution is 2.42. The monoisotopic (exact) mass is 567 g/mol. The average Bonchev–Trinajstić information content (AvgIpc) is 3.72. The summed E-state index contributed by atoms with van der Waals surface area (Å²) in [5, 5.41) is 2.83. The third-order valence-electron chi connectivity index (χ3n) is 5.70. The number of halogens is 2. The van der Waals surface area contributed by atoms with E-state index in [9.17, 15) is 23.2 Å². The number of carbonyl (C=O) groups excluding carboxylic acids is 3. The van der Waals surface area contributed by atoms with Crippen molar-refractivity contribution >= 4 is 45.0 Å².